The fourth-order valence-electron chi connectivity index (χ4n) is 3.66. The Morgan fingerprint density at radius 1 is 0.931 bits per heavy atom. The summed E-state index contributed by atoms with van der Waals surface area (Å²) in [6.45, 7) is 3.94. The van der Waals surface area contributed by atoms with Crippen LogP contribution in [0.5, 0.6) is 0 Å². The second kappa shape index (κ2) is 8.02. The zero-order valence-corrected chi connectivity index (χ0v) is 16.0. The standard InChI is InChI=1S/C19H23F3N6O/c20-19(21,22)14-10-16(23)24-12-13(14)15-11-17(27-6-8-29-9-7-27)26-18(25-15)28-4-2-1-3-5-28/h10-12H,1-9H2,(H2,23,24). The van der Waals surface area contributed by atoms with Crippen LogP contribution < -0.4 is 15.5 Å². The van der Waals surface area contributed by atoms with Crippen molar-refractivity contribution in [3.05, 3.63) is 23.9 Å². The van der Waals surface area contributed by atoms with Gasteiger partial charge in [0.25, 0.3) is 0 Å². The molecule has 2 aromatic heterocycles. The topological polar surface area (TPSA) is 80.4 Å². The minimum atomic E-state index is -4.57. The molecule has 2 N–H and O–H groups in total. The average molecular weight is 408 g/mol. The molecule has 2 aliphatic heterocycles. The Hall–Kier alpha value is -2.62. The summed E-state index contributed by atoms with van der Waals surface area (Å²) < 4.78 is 46.4. The number of alkyl halides is 3. The van der Waals surface area contributed by atoms with E-state index in [-0.39, 0.29) is 17.1 Å². The lowest BCUT2D eigenvalue weighted by molar-refractivity contribution is -0.137. The van der Waals surface area contributed by atoms with E-state index in [4.69, 9.17) is 10.5 Å². The van der Waals surface area contributed by atoms with Crippen molar-refractivity contribution >= 4 is 17.6 Å². The number of hydrogen-bond donors (Lipinski definition) is 1. The van der Waals surface area contributed by atoms with Gasteiger partial charge in [-0.25, -0.2) is 9.97 Å². The summed E-state index contributed by atoms with van der Waals surface area (Å²) in [5.41, 5.74) is 4.78. The number of rotatable bonds is 3. The maximum Gasteiger partial charge on any atom is 0.417 e. The van der Waals surface area contributed by atoms with Crippen molar-refractivity contribution < 1.29 is 17.9 Å². The van der Waals surface area contributed by atoms with Crippen LogP contribution in [0.15, 0.2) is 18.3 Å². The molecule has 0 unspecified atom stereocenters. The zero-order chi connectivity index (χ0) is 20.4. The van der Waals surface area contributed by atoms with Crippen molar-refractivity contribution in [2.75, 3.05) is 54.9 Å². The van der Waals surface area contributed by atoms with Gasteiger partial charge >= 0.3 is 6.18 Å². The number of nitrogen functional groups attached to an aromatic ring is 1. The predicted molar refractivity (Wildman–Crippen MR) is 104 cm³/mol. The van der Waals surface area contributed by atoms with E-state index in [1.165, 1.54) is 0 Å². The van der Waals surface area contributed by atoms with E-state index in [1.807, 2.05) is 9.80 Å². The molecule has 10 heteroatoms. The quantitative estimate of drug-likeness (QED) is 0.836. The highest BCUT2D eigenvalue weighted by molar-refractivity contribution is 5.69. The van der Waals surface area contributed by atoms with Gasteiger partial charge in [-0.1, -0.05) is 0 Å². The molecule has 2 saturated heterocycles. The minimum Gasteiger partial charge on any atom is -0.384 e. The molecule has 0 radical (unpaired) electrons. The first kappa shape index (κ1) is 19.7. The Kier molecular flexibility index (Phi) is 5.44. The van der Waals surface area contributed by atoms with Crippen LogP contribution in [0.4, 0.5) is 30.8 Å². The van der Waals surface area contributed by atoms with Gasteiger partial charge < -0.3 is 20.3 Å². The Bertz CT molecular complexity index is 827. The number of ether oxygens (including phenoxy) is 1. The first-order chi connectivity index (χ1) is 13.9. The maximum atomic E-state index is 13.7. The number of halogens is 3. The van der Waals surface area contributed by atoms with Crippen LogP contribution in [-0.4, -0.2) is 54.3 Å². The molecular weight excluding hydrogens is 385 g/mol. The SMILES string of the molecule is Nc1cc(C(F)(F)F)c(-c2cc(N3CCOCC3)nc(N3CCCCC3)n2)cn1. The van der Waals surface area contributed by atoms with E-state index in [9.17, 15) is 13.2 Å². The summed E-state index contributed by atoms with van der Waals surface area (Å²) in [7, 11) is 0. The summed E-state index contributed by atoms with van der Waals surface area (Å²) in [4.78, 5) is 17.1. The summed E-state index contributed by atoms with van der Waals surface area (Å²) in [5, 5.41) is 0. The second-order valence-corrected chi connectivity index (χ2v) is 7.21. The lowest BCUT2D eigenvalue weighted by Crippen LogP contribution is -2.37. The molecule has 4 rings (SSSR count). The molecule has 7 nitrogen and oxygen atoms in total. The molecule has 4 heterocycles. The second-order valence-electron chi connectivity index (χ2n) is 7.21. The fourth-order valence-corrected chi connectivity index (χ4v) is 3.66. The fraction of sp³-hybridized carbons (Fsp3) is 0.526. The van der Waals surface area contributed by atoms with Crippen LogP contribution in [0.3, 0.4) is 0 Å². The van der Waals surface area contributed by atoms with Crippen molar-refractivity contribution in [3.63, 3.8) is 0 Å². The van der Waals surface area contributed by atoms with Crippen LogP contribution in [0.2, 0.25) is 0 Å². The molecule has 29 heavy (non-hydrogen) atoms. The van der Waals surface area contributed by atoms with Gasteiger partial charge in [-0.3, -0.25) is 0 Å². The number of piperidine rings is 1. The molecule has 2 aromatic rings. The number of aromatic nitrogens is 3. The maximum absolute atomic E-state index is 13.7. The van der Waals surface area contributed by atoms with Gasteiger partial charge in [0.15, 0.2) is 0 Å². The normalized spacial score (nSPS) is 18.2. The van der Waals surface area contributed by atoms with E-state index < -0.39 is 11.7 Å². The van der Waals surface area contributed by atoms with Crippen LogP contribution >= 0.6 is 0 Å². The Morgan fingerprint density at radius 3 is 2.34 bits per heavy atom. The van der Waals surface area contributed by atoms with Gasteiger partial charge in [0.05, 0.1) is 24.5 Å². The van der Waals surface area contributed by atoms with Crippen molar-refractivity contribution in [1.82, 2.24) is 15.0 Å². The molecule has 0 aliphatic carbocycles. The van der Waals surface area contributed by atoms with Crippen LogP contribution in [0, 0.1) is 0 Å². The number of morpholine rings is 1. The number of hydrogen-bond acceptors (Lipinski definition) is 7. The van der Waals surface area contributed by atoms with E-state index >= 15 is 0 Å². The number of nitrogens with two attached hydrogens (primary N) is 1. The predicted octanol–water partition coefficient (Wildman–Crippen LogP) is 2.97. The van der Waals surface area contributed by atoms with E-state index in [0.29, 0.717) is 38.1 Å². The summed E-state index contributed by atoms with van der Waals surface area (Å²) in [5.74, 6) is 0.872. The third kappa shape index (κ3) is 4.36. The highest BCUT2D eigenvalue weighted by Crippen LogP contribution is 2.38. The van der Waals surface area contributed by atoms with Gasteiger partial charge in [0.1, 0.15) is 11.6 Å². The van der Waals surface area contributed by atoms with E-state index in [1.54, 1.807) is 6.07 Å². The van der Waals surface area contributed by atoms with Crippen molar-refractivity contribution in [1.29, 1.82) is 0 Å². The molecular formula is C19H23F3N6O. The summed E-state index contributed by atoms with van der Waals surface area (Å²) >= 11 is 0. The monoisotopic (exact) mass is 408 g/mol. The third-order valence-electron chi connectivity index (χ3n) is 5.18. The Labute approximate surface area is 166 Å². The number of pyridine rings is 1. The Balaban J connectivity index is 1.82. The van der Waals surface area contributed by atoms with Gasteiger partial charge in [0.2, 0.25) is 5.95 Å². The van der Waals surface area contributed by atoms with E-state index in [0.717, 1.165) is 44.6 Å². The first-order valence-corrected chi connectivity index (χ1v) is 9.71. The van der Waals surface area contributed by atoms with Gasteiger partial charge in [0, 0.05) is 44.0 Å². The van der Waals surface area contributed by atoms with Crippen LogP contribution in [0.25, 0.3) is 11.3 Å². The highest BCUT2D eigenvalue weighted by atomic mass is 19.4. The molecule has 0 amide bonds. The lowest BCUT2D eigenvalue weighted by atomic mass is 10.1. The smallest absolute Gasteiger partial charge is 0.384 e. The van der Waals surface area contributed by atoms with Gasteiger partial charge in [-0.05, 0) is 25.3 Å². The first-order valence-electron chi connectivity index (χ1n) is 9.71. The minimum absolute atomic E-state index is 0.0955. The summed E-state index contributed by atoms with van der Waals surface area (Å²) in [6.07, 6.45) is -0.270. The Morgan fingerprint density at radius 2 is 1.66 bits per heavy atom. The molecule has 0 saturated carbocycles. The molecule has 0 atom stereocenters. The van der Waals surface area contributed by atoms with Crippen molar-refractivity contribution in [2.45, 2.75) is 25.4 Å². The average Bonchev–Trinajstić information content (AvgIpc) is 2.74. The van der Waals surface area contributed by atoms with Crippen molar-refractivity contribution in [2.24, 2.45) is 0 Å². The number of anilines is 3. The molecule has 0 bridgehead atoms. The van der Waals surface area contributed by atoms with Gasteiger partial charge in [-0.15, -0.1) is 0 Å². The van der Waals surface area contributed by atoms with E-state index in [2.05, 4.69) is 15.0 Å². The largest absolute Gasteiger partial charge is 0.417 e. The molecule has 156 valence electrons. The molecule has 2 aliphatic rings. The van der Waals surface area contributed by atoms with Crippen molar-refractivity contribution in [3.8, 4) is 11.3 Å². The molecule has 0 spiro atoms. The number of nitrogens with zero attached hydrogens (tertiary/aromatic N) is 5. The highest BCUT2D eigenvalue weighted by Gasteiger charge is 2.35. The third-order valence-corrected chi connectivity index (χ3v) is 5.18. The molecule has 0 aromatic carbocycles. The lowest BCUT2D eigenvalue weighted by Gasteiger charge is -2.31. The summed E-state index contributed by atoms with van der Waals surface area (Å²) in [6, 6.07) is 2.45. The van der Waals surface area contributed by atoms with Crippen LogP contribution in [0.1, 0.15) is 24.8 Å². The van der Waals surface area contributed by atoms with Crippen LogP contribution in [-0.2, 0) is 10.9 Å². The molecule has 2 fully saturated rings. The zero-order valence-electron chi connectivity index (χ0n) is 16.0. The van der Waals surface area contributed by atoms with Gasteiger partial charge in [-0.2, -0.15) is 18.2 Å².